The van der Waals surface area contributed by atoms with Crippen LogP contribution in [0.2, 0.25) is 0 Å². The first-order chi connectivity index (χ1) is 20.4. The summed E-state index contributed by atoms with van der Waals surface area (Å²) in [7, 11) is -4.00. The number of aliphatic hydroxyl groups excluding tert-OH is 1. The Balaban J connectivity index is 1.88. The van der Waals surface area contributed by atoms with Crippen LogP contribution in [0.25, 0.3) is 22.5 Å². The molecule has 0 saturated carbocycles. The van der Waals surface area contributed by atoms with Crippen molar-refractivity contribution in [2.45, 2.75) is 31.0 Å². The number of sulfone groups is 1. The summed E-state index contributed by atoms with van der Waals surface area (Å²) in [6, 6.07) is 10.8. The number of ether oxygens (including phenoxy) is 1. The fraction of sp³-hybridized carbons (Fsp3) is 0.179. The molecule has 0 spiro atoms. The molecule has 4 N–H and O–H groups in total. The van der Waals surface area contributed by atoms with Crippen molar-refractivity contribution in [3.63, 3.8) is 0 Å². The minimum atomic E-state index is -4.92. The number of aromatic nitrogens is 2. The Bertz CT molecular complexity index is 1830. The van der Waals surface area contributed by atoms with E-state index in [9.17, 15) is 44.3 Å². The number of anilines is 1. The molecule has 1 heterocycles. The molecule has 0 aliphatic heterocycles. The summed E-state index contributed by atoms with van der Waals surface area (Å²) >= 11 is 0. The van der Waals surface area contributed by atoms with Crippen LogP contribution in [0, 0.1) is 12.7 Å². The lowest BCUT2D eigenvalue weighted by Crippen LogP contribution is -2.17. The molecule has 4 rings (SSSR count). The van der Waals surface area contributed by atoms with Gasteiger partial charge in [-0.1, -0.05) is 6.07 Å². The van der Waals surface area contributed by atoms with Crippen molar-refractivity contribution in [1.82, 2.24) is 9.55 Å². The topological polar surface area (TPSA) is 119 Å². The fourth-order valence-electron chi connectivity index (χ4n) is 4.35. The van der Waals surface area contributed by atoms with Crippen molar-refractivity contribution in [1.29, 1.82) is 0 Å². The summed E-state index contributed by atoms with van der Waals surface area (Å²) in [4.78, 5) is 3.12. The van der Waals surface area contributed by atoms with E-state index in [1.165, 1.54) is 37.3 Å². The second kappa shape index (κ2) is 11.8. The molecule has 0 unspecified atom stereocenters. The quantitative estimate of drug-likeness (QED) is 0.196. The standard InChI is InChI=1S/C28H23F7N4O4S/c1-15-37-26(27(30,31)32)13-39(15)24-8-3-16(17-10-22(29)21(14-40)25(11-17)44(2,41)42)9-20(24)23(12-36)38-18-4-6-19(7-5-18)43-28(33,34)35/h3-13,38,40H,14,36H2,1-2H3/b23-12-. The summed E-state index contributed by atoms with van der Waals surface area (Å²) in [5.41, 5.74) is 5.04. The summed E-state index contributed by atoms with van der Waals surface area (Å²) in [6.45, 7) is 0.434. The fourth-order valence-corrected chi connectivity index (χ4v) is 5.30. The molecular formula is C28H23F7N4O4S. The average molecular weight is 645 g/mol. The smallest absolute Gasteiger partial charge is 0.406 e. The van der Waals surface area contributed by atoms with Gasteiger partial charge in [-0.2, -0.15) is 13.2 Å². The Morgan fingerprint density at radius 2 is 1.70 bits per heavy atom. The highest BCUT2D eigenvalue weighted by Gasteiger charge is 2.35. The highest BCUT2D eigenvalue weighted by atomic mass is 32.2. The third kappa shape index (κ3) is 7.14. The summed E-state index contributed by atoms with van der Waals surface area (Å²) in [6.07, 6.45) is -7.05. The molecule has 3 aromatic carbocycles. The molecule has 16 heteroatoms. The van der Waals surface area contributed by atoms with Crippen molar-refractivity contribution in [2.24, 2.45) is 5.73 Å². The number of aryl methyl sites for hydroxylation is 1. The van der Waals surface area contributed by atoms with E-state index >= 15 is 0 Å². The number of nitrogens with zero attached hydrogens (tertiary/aromatic N) is 2. The number of nitrogens with one attached hydrogen (secondary N) is 1. The van der Waals surface area contributed by atoms with E-state index in [-0.39, 0.29) is 39.6 Å². The molecule has 44 heavy (non-hydrogen) atoms. The number of nitrogens with two attached hydrogens (primary N) is 1. The molecule has 8 nitrogen and oxygen atoms in total. The number of alkyl halides is 6. The van der Waals surface area contributed by atoms with Crippen molar-refractivity contribution in [2.75, 3.05) is 11.6 Å². The van der Waals surface area contributed by atoms with Gasteiger partial charge in [0.05, 0.1) is 22.9 Å². The number of hydrogen-bond acceptors (Lipinski definition) is 7. The first-order valence-corrected chi connectivity index (χ1v) is 14.3. The van der Waals surface area contributed by atoms with Crippen LogP contribution >= 0.6 is 0 Å². The zero-order valence-corrected chi connectivity index (χ0v) is 23.6. The van der Waals surface area contributed by atoms with E-state index in [0.717, 1.165) is 47.5 Å². The van der Waals surface area contributed by atoms with E-state index in [0.29, 0.717) is 0 Å². The number of aliphatic hydroxyl groups is 1. The summed E-state index contributed by atoms with van der Waals surface area (Å²) < 4.78 is 123. The van der Waals surface area contributed by atoms with Gasteiger partial charge in [-0.25, -0.2) is 17.8 Å². The zero-order valence-electron chi connectivity index (χ0n) is 22.8. The van der Waals surface area contributed by atoms with Crippen LogP contribution in [0.3, 0.4) is 0 Å². The average Bonchev–Trinajstić information content (AvgIpc) is 3.32. The first kappa shape index (κ1) is 32.3. The summed E-state index contributed by atoms with van der Waals surface area (Å²) in [5, 5.41) is 12.4. The lowest BCUT2D eigenvalue weighted by atomic mass is 9.98. The molecule has 0 saturated heterocycles. The monoisotopic (exact) mass is 644 g/mol. The maximum atomic E-state index is 14.9. The van der Waals surface area contributed by atoms with Gasteiger partial charge >= 0.3 is 12.5 Å². The van der Waals surface area contributed by atoms with Crippen LogP contribution in [-0.4, -0.2) is 35.7 Å². The molecule has 0 bridgehead atoms. The highest BCUT2D eigenvalue weighted by Crippen LogP contribution is 2.35. The summed E-state index contributed by atoms with van der Waals surface area (Å²) in [5.74, 6) is -1.58. The maximum absolute atomic E-state index is 14.9. The third-order valence-corrected chi connectivity index (χ3v) is 7.46. The Morgan fingerprint density at radius 1 is 1.05 bits per heavy atom. The second-order valence-electron chi connectivity index (χ2n) is 9.42. The van der Waals surface area contributed by atoms with E-state index in [4.69, 9.17) is 5.73 Å². The molecule has 0 radical (unpaired) electrons. The van der Waals surface area contributed by atoms with Crippen molar-refractivity contribution in [3.05, 3.63) is 95.5 Å². The second-order valence-corrected chi connectivity index (χ2v) is 11.4. The van der Waals surface area contributed by atoms with Crippen molar-refractivity contribution in [3.8, 4) is 22.6 Å². The Labute approximate surface area is 246 Å². The number of rotatable bonds is 8. The van der Waals surface area contributed by atoms with Crippen LogP contribution < -0.4 is 15.8 Å². The minimum absolute atomic E-state index is 0.0521. The van der Waals surface area contributed by atoms with Crippen molar-refractivity contribution < 1.29 is 49.0 Å². The molecular weight excluding hydrogens is 621 g/mol. The van der Waals surface area contributed by atoms with E-state index in [2.05, 4.69) is 15.0 Å². The van der Waals surface area contributed by atoms with Crippen LogP contribution in [0.4, 0.5) is 36.4 Å². The number of imidazole rings is 1. The molecule has 1 aromatic heterocycles. The van der Waals surface area contributed by atoms with Crippen molar-refractivity contribution >= 4 is 21.2 Å². The minimum Gasteiger partial charge on any atom is -0.406 e. The van der Waals surface area contributed by atoms with Crippen LogP contribution in [0.5, 0.6) is 5.75 Å². The molecule has 234 valence electrons. The van der Waals surface area contributed by atoms with Gasteiger partial charge in [0.15, 0.2) is 15.5 Å². The molecule has 0 fully saturated rings. The lowest BCUT2D eigenvalue weighted by Gasteiger charge is -2.19. The van der Waals surface area contributed by atoms with Gasteiger partial charge in [-0.15, -0.1) is 13.2 Å². The predicted molar refractivity (Wildman–Crippen MR) is 147 cm³/mol. The van der Waals surface area contributed by atoms with Gasteiger partial charge in [0.25, 0.3) is 0 Å². The Morgan fingerprint density at radius 3 is 2.23 bits per heavy atom. The largest absolute Gasteiger partial charge is 0.573 e. The highest BCUT2D eigenvalue weighted by molar-refractivity contribution is 7.90. The third-order valence-electron chi connectivity index (χ3n) is 6.30. The van der Waals surface area contributed by atoms with Gasteiger partial charge in [-0.3, -0.25) is 0 Å². The molecule has 0 atom stereocenters. The Kier molecular flexibility index (Phi) is 8.71. The molecule has 0 amide bonds. The van der Waals surface area contributed by atoms with E-state index in [1.807, 2.05) is 0 Å². The number of hydrogen-bond donors (Lipinski definition) is 3. The van der Waals surface area contributed by atoms with Crippen LogP contribution in [0.15, 0.2) is 71.9 Å². The SMILES string of the molecule is Cc1nc(C(F)(F)F)cn1-c1ccc(-c2cc(F)c(CO)c(S(C)(=O)=O)c2)cc1/C(=C/N)Nc1ccc(OC(F)(F)F)cc1. The van der Waals surface area contributed by atoms with Crippen LogP contribution in [-0.2, 0) is 22.6 Å². The zero-order chi connectivity index (χ0) is 32.6. The predicted octanol–water partition coefficient (Wildman–Crippen LogP) is 6.17. The normalized spacial score (nSPS) is 12.8. The molecule has 0 aliphatic rings. The number of benzene rings is 3. The molecule has 4 aromatic rings. The maximum Gasteiger partial charge on any atom is 0.573 e. The van der Waals surface area contributed by atoms with Gasteiger partial charge in [-0.05, 0) is 66.6 Å². The first-order valence-electron chi connectivity index (χ1n) is 12.4. The molecule has 0 aliphatic carbocycles. The van der Waals surface area contributed by atoms with Crippen LogP contribution in [0.1, 0.15) is 22.6 Å². The van der Waals surface area contributed by atoms with Gasteiger partial charge in [0.2, 0.25) is 0 Å². The lowest BCUT2D eigenvalue weighted by molar-refractivity contribution is -0.274. The van der Waals surface area contributed by atoms with Gasteiger partial charge in [0.1, 0.15) is 17.4 Å². The van der Waals surface area contributed by atoms with Gasteiger partial charge < -0.3 is 25.5 Å². The van der Waals surface area contributed by atoms with E-state index < -0.39 is 56.7 Å². The van der Waals surface area contributed by atoms with Gasteiger partial charge in [0, 0.05) is 35.5 Å². The Hall–Kier alpha value is -4.57. The number of halogens is 7. The van der Waals surface area contributed by atoms with E-state index in [1.54, 1.807) is 0 Å².